The third-order valence-corrected chi connectivity index (χ3v) is 2.39. The Morgan fingerprint density at radius 1 is 1.17 bits per heavy atom. The molecule has 0 unspecified atom stereocenters. The minimum Gasteiger partial charge on any atom is -0.267 e. The lowest BCUT2D eigenvalue weighted by molar-refractivity contribution is 0.866. The van der Waals surface area contributed by atoms with Crippen LogP contribution in [0.5, 0.6) is 0 Å². The van der Waals surface area contributed by atoms with Crippen LogP contribution in [0.25, 0.3) is 0 Å². The quantitative estimate of drug-likeness (QED) is 0.546. The van der Waals surface area contributed by atoms with Crippen molar-refractivity contribution in [2.24, 2.45) is 9.98 Å². The Kier molecular flexibility index (Phi) is 8.81. The number of benzene rings is 1. The predicted molar refractivity (Wildman–Crippen MR) is 83.1 cm³/mol. The molecule has 2 heteroatoms. The van der Waals surface area contributed by atoms with Gasteiger partial charge in [-0.2, -0.15) is 0 Å². The van der Waals surface area contributed by atoms with Crippen molar-refractivity contribution < 1.29 is 0 Å². The van der Waals surface area contributed by atoms with E-state index in [2.05, 4.69) is 48.1 Å². The lowest BCUT2D eigenvalue weighted by Gasteiger charge is -2.06. The first-order valence-corrected chi connectivity index (χ1v) is 6.82. The summed E-state index contributed by atoms with van der Waals surface area (Å²) in [6.45, 7) is 13.1. The van der Waals surface area contributed by atoms with Gasteiger partial charge in [-0.1, -0.05) is 52.0 Å². The van der Waals surface area contributed by atoms with E-state index in [9.17, 15) is 0 Å². The van der Waals surface area contributed by atoms with Crippen molar-refractivity contribution in [3.05, 3.63) is 35.4 Å². The zero-order chi connectivity index (χ0) is 14.0. The van der Waals surface area contributed by atoms with Crippen molar-refractivity contribution in [2.75, 3.05) is 6.54 Å². The van der Waals surface area contributed by atoms with E-state index in [1.165, 1.54) is 5.56 Å². The Morgan fingerprint density at radius 3 is 2.11 bits per heavy atom. The fourth-order valence-corrected chi connectivity index (χ4v) is 1.50. The molecule has 0 aromatic heterocycles. The van der Waals surface area contributed by atoms with Crippen molar-refractivity contribution >= 4 is 12.1 Å². The molecule has 1 rings (SSSR count). The van der Waals surface area contributed by atoms with E-state index in [1.807, 2.05) is 27.7 Å². The maximum atomic E-state index is 4.38. The largest absolute Gasteiger partial charge is 0.267 e. The van der Waals surface area contributed by atoms with Gasteiger partial charge in [0.1, 0.15) is 0 Å². The van der Waals surface area contributed by atoms with Crippen molar-refractivity contribution in [2.45, 2.75) is 47.5 Å². The molecule has 0 aliphatic carbocycles. The average Bonchev–Trinajstić information content (AvgIpc) is 2.41. The van der Waals surface area contributed by atoms with Crippen LogP contribution in [0.2, 0.25) is 0 Å². The lowest BCUT2D eigenvalue weighted by Crippen LogP contribution is -1.99. The molecule has 0 saturated heterocycles. The van der Waals surface area contributed by atoms with E-state index in [-0.39, 0.29) is 0 Å². The number of hydrogen-bond donors (Lipinski definition) is 0. The van der Waals surface area contributed by atoms with Gasteiger partial charge >= 0.3 is 0 Å². The highest BCUT2D eigenvalue weighted by atomic mass is 14.9. The summed E-state index contributed by atoms with van der Waals surface area (Å²) in [5.41, 5.74) is 2.43. The SMILES string of the molecule is CC.CC=NC(=NCC)c1ccc(C(C)C)cc1. The maximum Gasteiger partial charge on any atom is 0.154 e. The Morgan fingerprint density at radius 2 is 1.72 bits per heavy atom. The molecular weight excluding hydrogens is 220 g/mol. The first-order valence-electron chi connectivity index (χ1n) is 6.82. The molecule has 0 atom stereocenters. The third-order valence-electron chi connectivity index (χ3n) is 2.39. The summed E-state index contributed by atoms with van der Waals surface area (Å²) in [5, 5.41) is 0. The third kappa shape index (κ3) is 5.26. The lowest BCUT2D eigenvalue weighted by atomic mass is 10.0. The number of rotatable bonds is 3. The summed E-state index contributed by atoms with van der Waals surface area (Å²) in [4.78, 5) is 8.66. The second-order valence-corrected chi connectivity index (χ2v) is 3.96. The van der Waals surface area contributed by atoms with Gasteiger partial charge in [0.05, 0.1) is 0 Å². The number of aliphatic imine (C=N–C) groups is 2. The highest BCUT2D eigenvalue weighted by Crippen LogP contribution is 2.15. The summed E-state index contributed by atoms with van der Waals surface area (Å²) in [6.07, 6.45) is 1.78. The van der Waals surface area contributed by atoms with Gasteiger partial charge in [-0.25, -0.2) is 4.99 Å². The molecule has 0 fully saturated rings. The van der Waals surface area contributed by atoms with Gasteiger partial charge in [0, 0.05) is 18.3 Å². The second kappa shape index (κ2) is 9.58. The summed E-state index contributed by atoms with van der Waals surface area (Å²) >= 11 is 0. The van der Waals surface area contributed by atoms with Crippen LogP contribution in [-0.2, 0) is 0 Å². The van der Waals surface area contributed by atoms with Gasteiger partial charge in [0.2, 0.25) is 0 Å². The van der Waals surface area contributed by atoms with Gasteiger partial charge in [0.15, 0.2) is 5.84 Å². The minimum atomic E-state index is 0.565. The van der Waals surface area contributed by atoms with Crippen LogP contribution < -0.4 is 0 Å². The fraction of sp³-hybridized carbons (Fsp3) is 0.500. The molecule has 0 bridgehead atoms. The normalized spacial score (nSPS) is 11.6. The van der Waals surface area contributed by atoms with Crippen molar-refractivity contribution in [1.29, 1.82) is 0 Å². The van der Waals surface area contributed by atoms with E-state index < -0.39 is 0 Å². The Bertz CT molecular complexity index is 373. The van der Waals surface area contributed by atoms with Crippen molar-refractivity contribution in [3.63, 3.8) is 0 Å². The molecule has 1 aromatic rings. The zero-order valence-electron chi connectivity index (χ0n) is 12.6. The standard InChI is InChI=1S/C14H20N2.C2H6/c1-5-15-14(16-6-2)13-9-7-12(8-10-13)11(3)4;1-2/h5,7-11H,6H2,1-4H3;1-2H3. The second-order valence-electron chi connectivity index (χ2n) is 3.96. The average molecular weight is 246 g/mol. The Balaban J connectivity index is 0.00000137. The molecule has 0 amide bonds. The Hall–Kier alpha value is -1.44. The highest BCUT2D eigenvalue weighted by Gasteiger charge is 2.02. The molecule has 0 aliphatic heterocycles. The summed E-state index contributed by atoms with van der Waals surface area (Å²) in [5.74, 6) is 1.38. The molecule has 0 spiro atoms. The monoisotopic (exact) mass is 246 g/mol. The van der Waals surface area contributed by atoms with E-state index in [0.717, 1.165) is 17.9 Å². The van der Waals surface area contributed by atoms with Crippen LogP contribution in [0, 0.1) is 0 Å². The van der Waals surface area contributed by atoms with Crippen LogP contribution >= 0.6 is 0 Å². The smallest absolute Gasteiger partial charge is 0.154 e. The maximum absolute atomic E-state index is 4.38. The van der Waals surface area contributed by atoms with E-state index >= 15 is 0 Å². The van der Waals surface area contributed by atoms with Gasteiger partial charge in [-0.05, 0) is 25.3 Å². The number of amidine groups is 1. The zero-order valence-corrected chi connectivity index (χ0v) is 12.6. The molecule has 2 nitrogen and oxygen atoms in total. The first-order chi connectivity index (χ1) is 8.69. The fourth-order valence-electron chi connectivity index (χ4n) is 1.50. The Labute approximate surface area is 112 Å². The predicted octanol–water partition coefficient (Wildman–Crippen LogP) is 4.69. The summed E-state index contributed by atoms with van der Waals surface area (Å²) < 4.78 is 0. The van der Waals surface area contributed by atoms with Crippen LogP contribution in [0.15, 0.2) is 34.3 Å². The molecule has 1 aromatic carbocycles. The molecule has 0 aliphatic rings. The molecule has 0 saturated carbocycles. The molecule has 0 radical (unpaired) electrons. The van der Waals surface area contributed by atoms with Gasteiger partial charge in [-0.15, -0.1) is 0 Å². The van der Waals surface area contributed by atoms with Crippen LogP contribution in [0.4, 0.5) is 0 Å². The van der Waals surface area contributed by atoms with E-state index in [4.69, 9.17) is 0 Å². The summed E-state index contributed by atoms with van der Waals surface area (Å²) in [7, 11) is 0. The first kappa shape index (κ1) is 16.6. The number of nitrogens with zero attached hydrogens (tertiary/aromatic N) is 2. The van der Waals surface area contributed by atoms with E-state index in [0.29, 0.717) is 5.92 Å². The van der Waals surface area contributed by atoms with Gasteiger partial charge in [-0.3, -0.25) is 4.99 Å². The van der Waals surface area contributed by atoms with Crippen molar-refractivity contribution in [3.8, 4) is 0 Å². The minimum absolute atomic E-state index is 0.565. The molecule has 18 heavy (non-hydrogen) atoms. The van der Waals surface area contributed by atoms with Crippen molar-refractivity contribution in [1.82, 2.24) is 0 Å². The van der Waals surface area contributed by atoms with Crippen LogP contribution in [0.1, 0.15) is 58.6 Å². The van der Waals surface area contributed by atoms with Crippen LogP contribution in [0.3, 0.4) is 0 Å². The highest BCUT2D eigenvalue weighted by molar-refractivity contribution is 6.02. The molecular formula is C16H26N2. The summed E-state index contributed by atoms with van der Waals surface area (Å²) in [6, 6.07) is 8.49. The van der Waals surface area contributed by atoms with E-state index in [1.54, 1.807) is 6.21 Å². The number of hydrogen-bond acceptors (Lipinski definition) is 1. The van der Waals surface area contributed by atoms with Gasteiger partial charge in [0.25, 0.3) is 0 Å². The molecule has 0 N–H and O–H groups in total. The van der Waals surface area contributed by atoms with Crippen LogP contribution in [-0.4, -0.2) is 18.6 Å². The van der Waals surface area contributed by atoms with Gasteiger partial charge < -0.3 is 0 Å². The topological polar surface area (TPSA) is 24.7 Å². The molecule has 100 valence electrons. The molecule has 0 heterocycles.